The predicted octanol–water partition coefficient (Wildman–Crippen LogP) is 2.42. The van der Waals surface area contributed by atoms with Crippen molar-refractivity contribution in [3.63, 3.8) is 0 Å². The van der Waals surface area contributed by atoms with Gasteiger partial charge in [-0.05, 0) is 38.0 Å². The van der Waals surface area contributed by atoms with Crippen molar-refractivity contribution < 1.29 is 19.4 Å². The van der Waals surface area contributed by atoms with Crippen LogP contribution in [0.1, 0.15) is 28.4 Å². The standard InChI is InChI=1S/C21H26N2O4/c1-14-4-7-17(8-5-14)19(27-11-10-24)13-22-20(25)21(26)23-18-9-6-15(2)12-16(18)3/h4-9,12,19,24H,10-11,13H2,1-3H3,(H,22,25)(H,23,26). The Balaban J connectivity index is 1.97. The van der Waals surface area contributed by atoms with Crippen LogP contribution in [0.3, 0.4) is 0 Å². The highest BCUT2D eigenvalue weighted by molar-refractivity contribution is 6.39. The molecule has 1 atom stereocenters. The third-order valence-electron chi connectivity index (χ3n) is 4.14. The molecule has 0 aliphatic carbocycles. The van der Waals surface area contributed by atoms with Crippen molar-refractivity contribution in [1.82, 2.24) is 5.32 Å². The van der Waals surface area contributed by atoms with Crippen LogP contribution in [0.4, 0.5) is 5.69 Å². The van der Waals surface area contributed by atoms with Crippen molar-refractivity contribution in [2.75, 3.05) is 25.1 Å². The summed E-state index contributed by atoms with van der Waals surface area (Å²) in [5.41, 5.74) is 4.55. The number of aryl methyl sites for hydroxylation is 3. The number of hydrogen-bond donors (Lipinski definition) is 3. The highest BCUT2D eigenvalue weighted by Crippen LogP contribution is 2.18. The maximum absolute atomic E-state index is 12.2. The van der Waals surface area contributed by atoms with Gasteiger partial charge in [0, 0.05) is 12.2 Å². The normalized spacial score (nSPS) is 11.7. The first kappa shape index (κ1) is 20.6. The van der Waals surface area contributed by atoms with E-state index in [2.05, 4.69) is 10.6 Å². The molecule has 144 valence electrons. The fourth-order valence-corrected chi connectivity index (χ4v) is 2.65. The summed E-state index contributed by atoms with van der Waals surface area (Å²) in [5, 5.41) is 14.2. The molecule has 0 radical (unpaired) electrons. The Morgan fingerprint density at radius 1 is 1.00 bits per heavy atom. The molecule has 0 aromatic heterocycles. The smallest absolute Gasteiger partial charge is 0.313 e. The molecule has 0 fully saturated rings. The van der Waals surface area contributed by atoms with Gasteiger partial charge >= 0.3 is 11.8 Å². The number of hydrogen-bond acceptors (Lipinski definition) is 4. The Hall–Kier alpha value is -2.70. The number of carbonyl (C=O) groups is 2. The Labute approximate surface area is 159 Å². The van der Waals surface area contributed by atoms with Crippen molar-refractivity contribution in [2.24, 2.45) is 0 Å². The van der Waals surface area contributed by atoms with E-state index >= 15 is 0 Å². The van der Waals surface area contributed by atoms with E-state index in [0.717, 1.165) is 22.3 Å². The second kappa shape index (κ2) is 9.85. The summed E-state index contributed by atoms with van der Waals surface area (Å²) < 4.78 is 5.60. The first-order chi connectivity index (χ1) is 12.9. The minimum atomic E-state index is -0.736. The Bertz CT molecular complexity index is 787. The lowest BCUT2D eigenvalue weighted by Gasteiger charge is -2.19. The van der Waals surface area contributed by atoms with E-state index in [4.69, 9.17) is 9.84 Å². The van der Waals surface area contributed by atoms with Crippen molar-refractivity contribution in [2.45, 2.75) is 26.9 Å². The lowest BCUT2D eigenvalue weighted by molar-refractivity contribution is -0.136. The molecular weight excluding hydrogens is 344 g/mol. The summed E-state index contributed by atoms with van der Waals surface area (Å²) in [7, 11) is 0. The summed E-state index contributed by atoms with van der Waals surface area (Å²) in [6.45, 7) is 5.96. The van der Waals surface area contributed by atoms with E-state index in [1.54, 1.807) is 6.07 Å². The number of anilines is 1. The molecule has 0 bridgehead atoms. The summed E-state index contributed by atoms with van der Waals surface area (Å²) in [6, 6.07) is 13.3. The van der Waals surface area contributed by atoms with Crippen LogP contribution in [0.25, 0.3) is 0 Å². The Morgan fingerprint density at radius 3 is 2.30 bits per heavy atom. The maximum atomic E-state index is 12.2. The molecule has 2 aromatic carbocycles. The van der Waals surface area contributed by atoms with Gasteiger partial charge < -0.3 is 20.5 Å². The molecule has 2 amide bonds. The van der Waals surface area contributed by atoms with Crippen LogP contribution >= 0.6 is 0 Å². The second-order valence-corrected chi connectivity index (χ2v) is 6.48. The van der Waals surface area contributed by atoms with Crippen LogP contribution in [-0.2, 0) is 14.3 Å². The minimum absolute atomic E-state index is 0.122. The zero-order chi connectivity index (χ0) is 19.8. The SMILES string of the molecule is Cc1ccc(C(CNC(=O)C(=O)Nc2ccc(C)cc2C)OCCO)cc1. The average molecular weight is 370 g/mol. The van der Waals surface area contributed by atoms with Crippen molar-refractivity contribution in [1.29, 1.82) is 0 Å². The number of aliphatic hydroxyl groups excluding tert-OH is 1. The van der Waals surface area contributed by atoms with Crippen LogP contribution in [0.5, 0.6) is 0 Å². The summed E-state index contributed by atoms with van der Waals surface area (Å²) in [6.07, 6.45) is -0.449. The van der Waals surface area contributed by atoms with Crippen LogP contribution in [0, 0.1) is 20.8 Å². The third kappa shape index (κ3) is 6.20. The van der Waals surface area contributed by atoms with Gasteiger partial charge in [-0.1, -0.05) is 47.5 Å². The lowest BCUT2D eigenvalue weighted by Crippen LogP contribution is -2.38. The van der Waals surface area contributed by atoms with Gasteiger partial charge in [-0.25, -0.2) is 0 Å². The molecule has 2 rings (SSSR count). The fraction of sp³-hybridized carbons (Fsp3) is 0.333. The number of nitrogens with one attached hydrogen (secondary N) is 2. The molecule has 6 nitrogen and oxygen atoms in total. The fourth-order valence-electron chi connectivity index (χ4n) is 2.65. The zero-order valence-electron chi connectivity index (χ0n) is 15.9. The highest BCUT2D eigenvalue weighted by Gasteiger charge is 2.18. The van der Waals surface area contributed by atoms with Gasteiger partial charge in [0.25, 0.3) is 0 Å². The maximum Gasteiger partial charge on any atom is 0.313 e. The molecule has 27 heavy (non-hydrogen) atoms. The van der Waals surface area contributed by atoms with Gasteiger partial charge in [0.15, 0.2) is 0 Å². The minimum Gasteiger partial charge on any atom is -0.394 e. The van der Waals surface area contributed by atoms with Gasteiger partial charge in [-0.15, -0.1) is 0 Å². The number of benzene rings is 2. The van der Waals surface area contributed by atoms with Gasteiger partial charge in [-0.3, -0.25) is 9.59 Å². The second-order valence-electron chi connectivity index (χ2n) is 6.48. The number of aliphatic hydroxyl groups is 1. The van der Waals surface area contributed by atoms with E-state index in [-0.39, 0.29) is 19.8 Å². The Morgan fingerprint density at radius 2 is 1.67 bits per heavy atom. The monoisotopic (exact) mass is 370 g/mol. The molecule has 0 aliphatic rings. The topological polar surface area (TPSA) is 87.7 Å². The van der Waals surface area contributed by atoms with E-state index in [9.17, 15) is 9.59 Å². The molecular formula is C21H26N2O4. The van der Waals surface area contributed by atoms with Gasteiger partial charge in [0.05, 0.1) is 19.3 Å². The van der Waals surface area contributed by atoms with E-state index in [1.165, 1.54) is 0 Å². The number of amides is 2. The van der Waals surface area contributed by atoms with Gasteiger partial charge in [0.1, 0.15) is 0 Å². The number of rotatable bonds is 7. The average Bonchev–Trinajstić information content (AvgIpc) is 2.64. The van der Waals surface area contributed by atoms with Crippen LogP contribution < -0.4 is 10.6 Å². The molecule has 0 saturated heterocycles. The molecule has 0 spiro atoms. The first-order valence-corrected chi connectivity index (χ1v) is 8.86. The predicted molar refractivity (Wildman–Crippen MR) is 105 cm³/mol. The van der Waals surface area contributed by atoms with Gasteiger partial charge in [0.2, 0.25) is 0 Å². The summed E-state index contributed by atoms with van der Waals surface area (Å²) in [4.78, 5) is 24.3. The van der Waals surface area contributed by atoms with Crippen LogP contribution in [-0.4, -0.2) is 36.7 Å². The van der Waals surface area contributed by atoms with Crippen molar-refractivity contribution >= 4 is 17.5 Å². The van der Waals surface area contributed by atoms with E-state index in [1.807, 2.05) is 57.2 Å². The molecule has 1 unspecified atom stereocenters. The third-order valence-corrected chi connectivity index (χ3v) is 4.14. The summed E-state index contributed by atoms with van der Waals surface area (Å²) >= 11 is 0. The van der Waals surface area contributed by atoms with E-state index < -0.39 is 17.9 Å². The van der Waals surface area contributed by atoms with Crippen molar-refractivity contribution in [3.8, 4) is 0 Å². The highest BCUT2D eigenvalue weighted by atomic mass is 16.5. The molecule has 0 aliphatic heterocycles. The quantitative estimate of drug-likeness (QED) is 0.653. The zero-order valence-corrected chi connectivity index (χ0v) is 15.9. The number of ether oxygens (including phenoxy) is 1. The number of carbonyl (C=O) groups excluding carboxylic acids is 2. The van der Waals surface area contributed by atoms with E-state index in [0.29, 0.717) is 5.69 Å². The Kier molecular flexibility index (Phi) is 7.52. The molecule has 6 heteroatoms. The molecule has 3 N–H and O–H groups in total. The van der Waals surface area contributed by atoms with Crippen molar-refractivity contribution in [3.05, 3.63) is 64.7 Å². The lowest BCUT2D eigenvalue weighted by atomic mass is 10.1. The van der Waals surface area contributed by atoms with Crippen LogP contribution in [0.15, 0.2) is 42.5 Å². The molecule has 0 heterocycles. The largest absolute Gasteiger partial charge is 0.394 e. The first-order valence-electron chi connectivity index (χ1n) is 8.86. The van der Waals surface area contributed by atoms with Crippen LogP contribution in [0.2, 0.25) is 0 Å². The summed E-state index contributed by atoms with van der Waals surface area (Å²) in [5.74, 6) is -1.47. The van der Waals surface area contributed by atoms with Gasteiger partial charge in [-0.2, -0.15) is 0 Å². The molecule has 2 aromatic rings. The molecule has 0 saturated carbocycles.